The molecule has 1 fully saturated rings. The summed E-state index contributed by atoms with van der Waals surface area (Å²) in [6.45, 7) is 1.88. The molecule has 0 unspecified atom stereocenters. The third kappa shape index (κ3) is 3.02. The van der Waals surface area contributed by atoms with Crippen LogP contribution in [0.25, 0.3) is 0 Å². The number of carbonyl (C=O) groups is 1. The van der Waals surface area contributed by atoms with Crippen LogP contribution in [0.1, 0.15) is 48.3 Å². The van der Waals surface area contributed by atoms with Crippen molar-refractivity contribution in [2.45, 2.75) is 44.6 Å². The number of alkyl halides is 1. The molecule has 0 spiro atoms. The molecule has 0 atom stereocenters. The number of halogens is 1. The van der Waals surface area contributed by atoms with Crippen molar-refractivity contribution in [3.8, 4) is 0 Å². The van der Waals surface area contributed by atoms with E-state index < -0.39 is 0 Å². The van der Waals surface area contributed by atoms with Gasteiger partial charge in [0.1, 0.15) is 5.69 Å². The monoisotopic (exact) mass is 266 g/mol. The first-order valence-electron chi connectivity index (χ1n) is 6.47. The van der Waals surface area contributed by atoms with E-state index in [0.717, 1.165) is 31.4 Å². The van der Waals surface area contributed by atoms with Gasteiger partial charge in [-0.3, -0.25) is 4.79 Å². The second kappa shape index (κ2) is 5.70. The maximum Gasteiger partial charge on any atom is 0.270 e. The third-order valence-electron chi connectivity index (χ3n) is 3.57. The summed E-state index contributed by atoms with van der Waals surface area (Å²) >= 11 is 6.06. The molecule has 1 N–H and O–H groups in total. The van der Waals surface area contributed by atoms with Crippen LogP contribution in [0.2, 0.25) is 0 Å². The Hall–Kier alpha value is -1.09. The predicted molar refractivity (Wildman–Crippen MR) is 73.0 cm³/mol. The Balaban J connectivity index is 2.10. The molecule has 0 radical (unpaired) electrons. The SMILES string of the molecule is Cc1cccc(C(=O)NC2(CCl)CCCCC2)n1. The number of hydrogen-bond acceptors (Lipinski definition) is 2. The number of carbonyl (C=O) groups excluding carboxylic acids is 1. The second-order valence-corrected chi connectivity index (χ2v) is 5.36. The summed E-state index contributed by atoms with van der Waals surface area (Å²) in [5.74, 6) is 0.367. The number of nitrogens with one attached hydrogen (secondary N) is 1. The topological polar surface area (TPSA) is 42.0 Å². The minimum Gasteiger partial charge on any atom is -0.344 e. The molecule has 1 aliphatic carbocycles. The van der Waals surface area contributed by atoms with Gasteiger partial charge in [0, 0.05) is 11.6 Å². The number of nitrogens with zero attached hydrogens (tertiary/aromatic N) is 1. The molecule has 1 aromatic heterocycles. The van der Waals surface area contributed by atoms with Crippen LogP contribution in [0.4, 0.5) is 0 Å². The Kier molecular flexibility index (Phi) is 4.23. The molecule has 0 aromatic carbocycles. The summed E-state index contributed by atoms with van der Waals surface area (Å²) < 4.78 is 0. The maximum absolute atomic E-state index is 12.2. The van der Waals surface area contributed by atoms with E-state index in [1.165, 1.54) is 6.42 Å². The summed E-state index contributed by atoms with van der Waals surface area (Å²) in [4.78, 5) is 16.4. The van der Waals surface area contributed by atoms with Gasteiger partial charge >= 0.3 is 0 Å². The molecule has 0 saturated heterocycles. The summed E-state index contributed by atoms with van der Waals surface area (Å²) in [7, 11) is 0. The molecular weight excluding hydrogens is 248 g/mol. The molecule has 1 saturated carbocycles. The molecule has 1 heterocycles. The van der Waals surface area contributed by atoms with Gasteiger partial charge in [-0.25, -0.2) is 4.98 Å². The van der Waals surface area contributed by atoms with Crippen molar-refractivity contribution in [1.82, 2.24) is 10.3 Å². The van der Waals surface area contributed by atoms with E-state index >= 15 is 0 Å². The van der Waals surface area contributed by atoms with Crippen LogP contribution in [-0.4, -0.2) is 22.3 Å². The van der Waals surface area contributed by atoms with E-state index in [1.807, 2.05) is 19.1 Å². The summed E-state index contributed by atoms with van der Waals surface area (Å²) in [5.41, 5.74) is 1.10. The van der Waals surface area contributed by atoms with Gasteiger partial charge in [0.15, 0.2) is 0 Å². The Bertz CT molecular complexity index is 428. The van der Waals surface area contributed by atoms with Gasteiger partial charge in [-0.2, -0.15) is 0 Å². The summed E-state index contributed by atoms with van der Waals surface area (Å²) in [5, 5.41) is 3.09. The zero-order chi connectivity index (χ0) is 13.0. The molecular formula is C14H19ClN2O. The van der Waals surface area contributed by atoms with Gasteiger partial charge in [0.2, 0.25) is 0 Å². The highest BCUT2D eigenvalue weighted by atomic mass is 35.5. The maximum atomic E-state index is 12.2. The van der Waals surface area contributed by atoms with Gasteiger partial charge in [-0.15, -0.1) is 11.6 Å². The number of rotatable bonds is 3. The molecule has 1 amide bonds. The van der Waals surface area contributed by atoms with Crippen molar-refractivity contribution in [2.24, 2.45) is 0 Å². The van der Waals surface area contributed by atoms with Crippen LogP contribution >= 0.6 is 11.6 Å². The van der Waals surface area contributed by atoms with Crippen molar-refractivity contribution < 1.29 is 4.79 Å². The molecule has 1 aromatic rings. The standard InChI is InChI=1S/C14H19ClN2O/c1-11-6-5-7-12(16-11)13(18)17-14(10-15)8-3-2-4-9-14/h5-7H,2-4,8-10H2,1H3,(H,17,18). The lowest BCUT2D eigenvalue weighted by molar-refractivity contribution is 0.0879. The van der Waals surface area contributed by atoms with Gasteiger partial charge in [-0.05, 0) is 31.9 Å². The highest BCUT2D eigenvalue weighted by Gasteiger charge is 2.33. The lowest BCUT2D eigenvalue weighted by atomic mass is 9.83. The molecule has 3 nitrogen and oxygen atoms in total. The lowest BCUT2D eigenvalue weighted by Gasteiger charge is -2.36. The van der Waals surface area contributed by atoms with Crippen LogP contribution in [0, 0.1) is 6.92 Å². The van der Waals surface area contributed by atoms with Crippen LogP contribution in [0.5, 0.6) is 0 Å². The second-order valence-electron chi connectivity index (χ2n) is 5.09. The first-order valence-corrected chi connectivity index (χ1v) is 7.01. The number of aromatic nitrogens is 1. The van der Waals surface area contributed by atoms with Crippen LogP contribution in [0.3, 0.4) is 0 Å². The minimum absolute atomic E-state index is 0.110. The first-order chi connectivity index (χ1) is 8.65. The largest absolute Gasteiger partial charge is 0.344 e. The van der Waals surface area contributed by atoms with Gasteiger partial charge in [0.25, 0.3) is 5.91 Å². The Morgan fingerprint density at radius 3 is 2.72 bits per heavy atom. The number of amides is 1. The molecule has 0 bridgehead atoms. The fraction of sp³-hybridized carbons (Fsp3) is 0.571. The normalized spacial score (nSPS) is 18.3. The van der Waals surface area contributed by atoms with Crippen molar-refractivity contribution in [3.63, 3.8) is 0 Å². The zero-order valence-corrected chi connectivity index (χ0v) is 11.5. The van der Waals surface area contributed by atoms with E-state index in [1.54, 1.807) is 6.07 Å². The Labute approximate surface area is 113 Å². The van der Waals surface area contributed by atoms with Crippen LogP contribution in [0.15, 0.2) is 18.2 Å². The average Bonchev–Trinajstić information content (AvgIpc) is 2.40. The Morgan fingerprint density at radius 2 is 2.11 bits per heavy atom. The number of pyridine rings is 1. The van der Waals surface area contributed by atoms with E-state index in [2.05, 4.69) is 10.3 Å². The molecule has 2 rings (SSSR count). The van der Waals surface area contributed by atoms with Crippen molar-refractivity contribution in [1.29, 1.82) is 0 Å². The summed E-state index contributed by atoms with van der Waals surface area (Å²) in [6, 6.07) is 5.48. The van der Waals surface area contributed by atoms with E-state index in [4.69, 9.17) is 11.6 Å². The van der Waals surface area contributed by atoms with Crippen molar-refractivity contribution in [2.75, 3.05) is 5.88 Å². The highest BCUT2D eigenvalue weighted by molar-refractivity contribution is 6.18. The summed E-state index contributed by atoms with van der Waals surface area (Å²) in [6.07, 6.45) is 5.43. The van der Waals surface area contributed by atoms with E-state index in [9.17, 15) is 4.79 Å². The minimum atomic E-state index is -0.234. The molecule has 18 heavy (non-hydrogen) atoms. The Morgan fingerprint density at radius 1 is 1.39 bits per heavy atom. The average molecular weight is 267 g/mol. The highest BCUT2D eigenvalue weighted by Crippen LogP contribution is 2.29. The lowest BCUT2D eigenvalue weighted by Crippen LogP contribution is -2.51. The van der Waals surface area contributed by atoms with Crippen molar-refractivity contribution in [3.05, 3.63) is 29.6 Å². The number of aryl methyl sites for hydroxylation is 1. The third-order valence-corrected chi connectivity index (χ3v) is 4.08. The van der Waals surface area contributed by atoms with E-state index in [-0.39, 0.29) is 11.4 Å². The molecule has 1 aliphatic rings. The fourth-order valence-electron chi connectivity index (χ4n) is 2.49. The molecule has 4 heteroatoms. The van der Waals surface area contributed by atoms with Crippen LogP contribution in [-0.2, 0) is 0 Å². The molecule has 0 aliphatic heterocycles. The van der Waals surface area contributed by atoms with Gasteiger partial charge in [-0.1, -0.05) is 25.3 Å². The smallest absolute Gasteiger partial charge is 0.270 e. The molecule has 98 valence electrons. The van der Waals surface area contributed by atoms with Gasteiger partial charge < -0.3 is 5.32 Å². The fourth-order valence-corrected chi connectivity index (χ4v) is 2.83. The van der Waals surface area contributed by atoms with Crippen LogP contribution < -0.4 is 5.32 Å². The quantitative estimate of drug-likeness (QED) is 0.855. The predicted octanol–water partition coefficient (Wildman–Crippen LogP) is 3.06. The van der Waals surface area contributed by atoms with Gasteiger partial charge in [0.05, 0.1) is 5.54 Å². The number of hydrogen-bond donors (Lipinski definition) is 1. The zero-order valence-electron chi connectivity index (χ0n) is 10.7. The van der Waals surface area contributed by atoms with E-state index in [0.29, 0.717) is 11.6 Å². The van der Waals surface area contributed by atoms with Crippen molar-refractivity contribution >= 4 is 17.5 Å². The first kappa shape index (κ1) is 13.3.